The molecule has 0 spiro atoms. The maximum atomic E-state index is 14.5. The van der Waals surface area contributed by atoms with Gasteiger partial charge in [0, 0.05) is 11.9 Å². The summed E-state index contributed by atoms with van der Waals surface area (Å²) in [4.78, 5) is 13.3. The van der Waals surface area contributed by atoms with Crippen LogP contribution in [0.5, 0.6) is 5.75 Å². The highest BCUT2D eigenvalue weighted by molar-refractivity contribution is 7.90. The monoisotopic (exact) mass is 470 g/mol. The van der Waals surface area contributed by atoms with E-state index in [9.17, 15) is 30.8 Å². The number of fused-ring (bicyclic) bond motifs is 1. The van der Waals surface area contributed by atoms with Gasteiger partial charge in [-0.2, -0.15) is 13.2 Å². The van der Waals surface area contributed by atoms with Gasteiger partial charge in [0.2, 0.25) is 0 Å². The minimum atomic E-state index is -5.29. The lowest BCUT2D eigenvalue weighted by molar-refractivity contribution is -0.189. The van der Waals surface area contributed by atoms with E-state index in [0.717, 1.165) is 31.2 Å². The lowest BCUT2D eigenvalue weighted by Crippen LogP contribution is -2.28. The fourth-order valence-corrected chi connectivity index (χ4v) is 5.16. The van der Waals surface area contributed by atoms with Gasteiger partial charge in [0.25, 0.3) is 10.0 Å². The lowest BCUT2D eigenvalue weighted by atomic mass is 10.1. The van der Waals surface area contributed by atoms with Crippen LogP contribution in [0.15, 0.2) is 53.6 Å². The van der Waals surface area contributed by atoms with Gasteiger partial charge < -0.3 is 4.74 Å². The third kappa shape index (κ3) is 4.22. The van der Waals surface area contributed by atoms with E-state index in [4.69, 9.17) is 0 Å². The van der Waals surface area contributed by atoms with Gasteiger partial charge in [0.15, 0.2) is 5.75 Å². The van der Waals surface area contributed by atoms with E-state index in [2.05, 4.69) is 4.74 Å². The maximum Gasteiger partial charge on any atom is 0.491 e. The number of ether oxygens (including phenoxy) is 1. The van der Waals surface area contributed by atoms with E-state index in [1.54, 1.807) is 6.07 Å². The number of aromatic nitrogens is 1. The first-order chi connectivity index (χ1) is 15.1. The Morgan fingerprint density at radius 3 is 2.34 bits per heavy atom. The van der Waals surface area contributed by atoms with E-state index in [1.807, 2.05) is 4.90 Å². The third-order valence-corrected chi connectivity index (χ3v) is 6.90. The Balaban J connectivity index is 1.93. The summed E-state index contributed by atoms with van der Waals surface area (Å²) >= 11 is 0. The van der Waals surface area contributed by atoms with Crippen molar-refractivity contribution in [2.75, 3.05) is 13.1 Å². The first-order valence-electron chi connectivity index (χ1n) is 9.73. The van der Waals surface area contributed by atoms with Crippen LogP contribution < -0.4 is 4.74 Å². The van der Waals surface area contributed by atoms with E-state index >= 15 is 0 Å². The number of benzene rings is 2. The molecule has 6 nitrogen and oxygen atoms in total. The quantitative estimate of drug-likeness (QED) is 0.415. The number of carbonyl (C=O) groups excluding carboxylic acids is 1. The second-order valence-electron chi connectivity index (χ2n) is 7.44. The van der Waals surface area contributed by atoms with Crippen molar-refractivity contribution < 1.29 is 35.5 Å². The largest absolute Gasteiger partial charge is 0.491 e. The standard InChI is InChI=1S/C21H18F4N2O4S/c22-15-10-14(12-26-8-4-5-9-26)19-17(11-15)27(13-18(19)31-20(28)21(23,24)25)32(29,30)16-6-2-1-3-7-16/h1-3,6-7,10-11,13H,4-5,8-9,12H2. The predicted octanol–water partition coefficient (Wildman–Crippen LogP) is 4.08. The van der Waals surface area contributed by atoms with Crippen molar-refractivity contribution in [1.29, 1.82) is 0 Å². The fraction of sp³-hybridized carbons (Fsp3) is 0.286. The lowest BCUT2D eigenvalue weighted by Gasteiger charge is -2.16. The number of likely N-dealkylation sites (tertiary alicyclic amines) is 1. The van der Waals surface area contributed by atoms with Crippen molar-refractivity contribution in [3.63, 3.8) is 0 Å². The molecule has 0 amide bonds. The zero-order valence-electron chi connectivity index (χ0n) is 16.6. The van der Waals surface area contributed by atoms with Crippen LogP contribution in [0.2, 0.25) is 0 Å². The molecule has 0 saturated carbocycles. The van der Waals surface area contributed by atoms with E-state index in [-0.39, 0.29) is 27.9 Å². The molecule has 0 atom stereocenters. The summed E-state index contributed by atoms with van der Waals surface area (Å²) in [6, 6.07) is 9.15. The zero-order valence-corrected chi connectivity index (χ0v) is 17.4. The SMILES string of the molecule is O=C(Oc1cn(S(=O)(=O)c2ccccc2)c2cc(F)cc(CN3CCCC3)c12)C(F)(F)F. The van der Waals surface area contributed by atoms with Gasteiger partial charge in [-0.1, -0.05) is 18.2 Å². The molecular formula is C21H18F4N2O4S. The Morgan fingerprint density at radius 1 is 1.06 bits per heavy atom. The van der Waals surface area contributed by atoms with Crippen LogP contribution in [-0.2, 0) is 21.4 Å². The Kier molecular flexibility index (Phi) is 5.72. The molecule has 11 heteroatoms. The number of hydrogen-bond acceptors (Lipinski definition) is 5. The van der Waals surface area contributed by atoms with Gasteiger partial charge >= 0.3 is 12.1 Å². The molecule has 1 saturated heterocycles. The number of alkyl halides is 3. The number of carbonyl (C=O) groups is 1. The summed E-state index contributed by atoms with van der Waals surface area (Å²) in [5, 5.41) is -0.0598. The van der Waals surface area contributed by atoms with Crippen LogP contribution in [0.1, 0.15) is 18.4 Å². The van der Waals surface area contributed by atoms with Gasteiger partial charge in [-0.05, 0) is 55.8 Å². The van der Waals surface area contributed by atoms with Crippen LogP contribution >= 0.6 is 0 Å². The number of esters is 1. The molecule has 2 heterocycles. The highest BCUT2D eigenvalue weighted by atomic mass is 32.2. The first-order valence-corrected chi connectivity index (χ1v) is 11.2. The van der Waals surface area contributed by atoms with E-state index in [0.29, 0.717) is 17.1 Å². The Bertz CT molecular complexity index is 1260. The van der Waals surface area contributed by atoms with Crippen molar-refractivity contribution in [3.05, 3.63) is 60.0 Å². The summed E-state index contributed by atoms with van der Waals surface area (Å²) in [5.74, 6) is -3.86. The number of hydrogen-bond donors (Lipinski definition) is 0. The van der Waals surface area contributed by atoms with Gasteiger partial charge in [0.1, 0.15) is 5.82 Å². The minimum Gasteiger partial charge on any atom is -0.418 e. The van der Waals surface area contributed by atoms with Crippen molar-refractivity contribution in [2.24, 2.45) is 0 Å². The van der Waals surface area contributed by atoms with Crippen LogP contribution in [0.3, 0.4) is 0 Å². The molecule has 170 valence electrons. The summed E-state index contributed by atoms with van der Waals surface area (Å²) < 4.78 is 84.6. The number of rotatable bonds is 5. The number of nitrogens with zero attached hydrogens (tertiary/aromatic N) is 2. The predicted molar refractivity (Wildman–Crippen MR) is 107 cm³/mol. The summed E-state index contributed by atoms with van der Waals surface area (Å²) in [6.45, 7) is 1.58. The molecule has 1 aliphatic heterocycles. The second kappa shape index (κ2) is 8.21. The van der Waals surface area contributed by atoms with Gasteiger partial charge in [0.05, 0.1) is 16.6 Å². The van der Waals surface area contributed by atoms with Crippen LogP contribution in [-0.4, -0.2) is 42.5 Å². The Labute approximate surface area is 181 Å². The van der Waals surface area contributed by atoms with E-state index < -0.39 is 33.7 Å². The normalized spacial score (nSPS) is 15.4. The van der Waals surface area contributed by atoms with Crippen LogP contribution in [0, 0.1) is 5.82 Å². The molecule has 0 bridgehead atoms. The van der Waals surface area contributed by atoms with E-state index in [1.165, 1.54) is 24.3 Å². The molecule has 0 unspecified atom stereocenters. The molecule has 2 aromatic carbocycles. The van der Waals surface area contributed by atoms with Gasteiger partial charge in [-0.3, -0.25) is 4.90 Å². The molecular weight excluding hydrogens is 452 g/mol. The van der Waals surface area contributed by atoms with Crippen molar-refractivity contribution in [3.8, 4) is 5.75 Å². The van der Waals surface area contributed by atoms with Gasteiger partial charge in [-0.15, -0.1) is 0 Å². The van der Waals surface area contributed by atoms with Crippen LogP contribution in [0.25, 0.3) is 10.9 Å². The second-order valence-corrected chi connectivity index (χ2v) is 9.25. The fourth-order valence-electron chi connectivity index (χ4n) is 3.79. The molecule has 1 aromatic heterocycles. The number of halogens is 4. The molecule has 0 radical (unpaired) electrons. The molecule has 4 rings (SSSR count). The average Bonchev–Trinajstić information content (AvgIpc) is 3.36. The zero-order chi connectivity index (χ0) is 23.1. The summed E-state index contributed by atoms with van der Waals surface area (Å²) in [5.41, 5.74) is 0.0157. The third-order valence-electron chi connectivity index (χ3n) is 5.21. The molecule has 0 aliphatic carbocycles. The van der Waals surface area contributed by atoms with Gasteiger partial charge in [-0.25, -0.2) is 21.6 Å². The smallest absolute Gasteiger partial charge is 0.418 e. The molecule has 3 aromatic rings. The summed E-state index contributed by atoms with van der Waals surface area (Å²) in [6.07, 6.45) is -2.68. The maximum absolute atomic E-state index is 14.5. The molecule has 1 fully saturated rings. The van der Waals surface area contributed by atoms with Crippen molar-refractivity contribution in [1.82, 2.24) is 8.87 Å². The average molecular weight is 470 g/mol. The van der Waals surface area contributed by atoms with Crippen molar-refractivity contribution >= 4 is 26.9 Å². The molecule has 0 N–H and O–H groups in total. The van der Waals surface area contributed by atoms with Crippen LogP contribution in [0.4, 0.5) is 17.6 Å². The first kappa shape index (κ1) is 22.3. The Morgan fingerprint density at radius 2 is 1.72 bits per heavy atom. The summed E-state index contributed by atoms with van der Waals surface area (Å²) in [7, 11) is -4.31. The highest BCUT2D eigenvalue weighted by Crippen LogP contribution is 2.36. The Hall–Kier alpha value is -2.92. The minimum absolute atomic E-state index is 0.0598. The topological polar surface area (TPSA) is 68.6 Å². The van der Waals surface area contributed by atoms with Crippen molar-refractivity contribution in [2.45, 2.75) is 30.5 Å². The highest BCUT2D eigenvalue weighted by Gasteiger charge is 2.42. The molecule has 1 aliphatic rings. The molecule has 32 heavy (non-hydrogen) atoms.